The molecule has 0 unspecified atom stereocenters. The summed E-state index contributed by atoms with van der Waals surface area (Å²) in [7, 11) is 0. The van der Waals surface area contributed by atoms with E-state index in [9.17, 15) is 0 Å². The molecule has 0 aliphatic carbocycles. The van der Waals surface area contributed by atoms with Gasteiger partial charge in [0.2, 0.25) is 0 Å². The molecule has 0 aliphatic rings. The minimum absolute atomic E-state index is 0.0617. The Hall–Kier alpha value is -1.40. The van der Waals surface area contributed by atoms with Gasteiger partial charge in [0.1, 0.15) is 11.8 Å². The molecule has 0 saturated heterocycles. The number of hydrogen-bond donors (Lipinski definition) is 1. The zero-order valence-corrected chi connectivity index (χ0v) is 7.70. The van der Waals surface area contributed by atoms with Gasteiger partial charge in [-0.2, -0.15) is 5.26 Å². The predicted octanol–water partition coefficient (Wildman–Crippen LogP) is 1.75. The first-order valence-corrected chi connectivity index (χ1v) is 4.40. The summed E-state index contributed by atoms with van der Waals surface area (Å²) in [5.74, 6) is 0. The van der Waals surface area contributed by atoms with Crippen molar-refractivity contribution in [2.75, 3.05) is 0 Å². The van der Waals surface area contributed by atoms with Gasteiger partial charge in [-0.15, -0.1) is 0 Å². The van der Waals surface area contributed by atoms with E-state index in [1.807, 2.05) is 18.2 Å². The quantitative estimate of drug-likeness (QED) is 0.761. The summed E-state index contributed by atoms with van der Waals surface area (Å²) in [5.41, 5.74) is 7.19. The summed E-state index contributed by atoms with van der Waals surface area (Å²) in [5, 5.41) is 8.77. The fraction of sp³-hybridized carbons (Fsp3) is 0.400. The molecule has 0 aliphatic heterocycles. The summed E-state index contributed by atoms with van der Waals surface area (Å²) in [6.07, 6.45) is 3.52. The average molecular weight is 175 g/mol. The second kappa shape index (κ2) is 4.58. The Morgan fingerprint density at radius 1 is 1.69 bits per heavy atom. The van der Waals surface area contributed by atoms with Crippen LogP contribution in [-0.4, -0.2) is 4.98 Å². The molecule has 0 spiro atoms. The highest BCUT2D eigenvalue weighted by Crippen LogP contribution is 2.17. The van der Waals surface area contributed by atoms with Crippen LogP contribution in [0.25, 0.3) is 0 Å². The number of nitriles is 1. The van der Waals surface area contributed by atoms with Crippen molar-refractivity contribution in [1.82, 2.24) is 4.98 Å². The van der Waals surface area contributed by atoms with Gasteiger partial charge in [-0.1, -0.05) is 19.4 Å². The van der Waals surface area contributed by atoms with Crippen molar-refractivity contribution in [1.29, 1.82) is 5.26 Å². The molecule has 0 aromatic carbocycles. The lowest BCUT2D eigenvalue weighted by Gasteiger charge is -2.10. The Morgan fingerprint density at radius 2 is 2.46 bits per heavy atom. The van der Waals surface area contributed by atoms with E-state index >= 15 is 0 Å². The maximum atomic E-state index is 8.77. The van der Waals surface area contributed by atoms with Gasteiger partial charge in [-0.05, 0) is 12.5 Å². The largest absolute Gasteiger partial charge is 0.324 e. The van der Waals surface area contributed by atoms with E-state index in [-0.39, 0.29) is 6.04 Å². The molecular formula is C10H13N3. The lowest BCUT2D eigenvalue weighted by Crippen LogP contribution is -2.12. The van der Waals surface area contributed by atoms with Crippen LogP contribution in [0.4, 0.5) is 0 Å². The van der Waals surface area contributed by atoms with Gasteiger partial charge in [0.25, 0.3) is 0 Å². The molecule has 1 rings (SSSR count). The summed E-state index contributed by atoms with van der Waals surface area (Å²) < 4.78 is 0. The fourth-order valence-corrected chi connectivity index (χ4v) is 1.28. The Morgan fingerprint density at radius 3 is 3.08 bits per heavy atom. The first kappa shape index (κ1) is 9.69. The van der Waals surface area contributed by atoms with Crippen molar-refractivity contribution < 1.29 is 0 Å². The van der Waals surface area contributed by atoms with Crippen molar-refractivity contribution in [3.63, 3.8) is 0 Å². The highest BCUT2D eigenvalue weighted by atomic mass is 14.7. The SMILES string of the molecule is CCC[C@@H](N)c1cccnc1C#N. The second-order valence-corrected chi connectivity index (χ2v) is 2.95. The fourth-order valence-electron chi connectivity index (χ4n) is 1.28. The third-order valence-corrected chi connectivity index (χ3v) is 1.94. The molecule has 0 amide bonds. The molecule has 68 valence electrons. The second-order valence-electron chi connectivity index (χ2n) is 2.95. The van der Waals surface area contributed by atoms with Crippen molar-refractivity contribution >= 4 is 0 Å². The minimum atomic E-state index is -0.0617. The Balaban J connectivity index is 2.93. The lowest BCUT2D eigenvalue weighted by atomic mass is 10.0. The molecule has 1 heterocycles. The van der Waals surface area contributed by atoms with E-state index in [1.54, 1.807) is 6.20 Å². The zero-order chi connectivity index (χ0) is 9.68. The van der Waals surface area contributed by atoms with Crippen molar-refractivity contribution in [3.8, 4) is 6.07 Å². The van der Waals surface area contributed by atoms with Crippen molar-refractivity contribution in [2.24, 2.45) is 5.73 Å². The molecule has 13 heavy (non-hydrogen) atoms. The van der Waals surface area contributed by atoms with Crippen LogP contribution < -0.4 is 5.73 Å². The van der Waals surface area contributed by atoms with E-state index in [1.165, 1.54) is 0 Å². The molecule has 0 bridgehead atoms. The summed E-state index contributed by atoms with van der Waals surface area (Å²) in [6.45, 7) is 2.07. The monoisotopic (exact) mass is 175 g/mol. The first-order valence-electron chi connectivity index (χ1n) is 4.40. The molecule has 0 radical (unpaired) electrons. The first-order chi connectivity index (χ1) is 6.29. The Bertz CT molecular complexity index is 314. The Labute approximate surface area is 78.2 Å². The van der Waals surface area contributed by atoms with Crippen LogP contribution in [-0.2, 0) is 0 Å². The zero-order valence-electron chi connectivity index (χ0n) is 7.70. The van der Waals surface area contributed by atoms with Crippen LogP contribution in [0, 0.1) is 11.3 Å². The summed E-state index contributed by atoms with van der Waals surface area (Å²) in [4.78, 5) is 3.96. The van der Waals surface area contributed by atoms with Gasteiger partial charge in [0.15, 0.2) is 0 Å². The molecular weight excluding hydrogens is 162 g/mol. The third kappa shape index (κ3) is 2.27. The van der Waals surface area contributed by atoms with E-state index in [2.05, 4.69) is 11.9 Å². The Kier molecular flexibility index (Phi) is 3.41. The molecule has 1 atom stereocenters. The van der Waals surface area contributed by atoms with Crippen molar-refractivity contribution in [2.45, 2.75) is 25.8 Å². The van der Waals surface area contributed by atoms with Crippen LogP contribution in [0.1, 0.15) is 37.1 Å². The van der Waals surface area contributed by atoms with Crippen LogP contribution in [0.3, 0.4) is 0 Å². The van der Waals surface area contributed by atoms with E-state index in [0.29, 0.717) is 5.69 Å². The summed E-state index contributed by atoms with van der Waals surface area (Å²) in [6, 6.07) is 5.66. The van der Waals surface area contributed by atoms with Crippen molar-refractivity contribution in [3.05, 3.63) is 29.6 Å². The summed E-state index contributed by atoms with van der Waals surface area (Å²) >= 11 is 0. The standard InChI is InChI=1S/C10H13N3/c1-2-4-9(12)8-5-3-6-13-10(8)7-11/h3,5-6,9H,2,4,12H2,1H3/t9-/m1/s1. The lowest BCUT2D eigenvalue weighted by molar-refractivity contribution is 0.634. The van der Waals surface area contributed by atoms with E-state index in [0.717, 1.165) is 18.4 Å². The van der Waals surface area contributed by atoms with Crippen LogP contribution in [0.5, 0.6) is 0 Å². The van der Waals surface area contributed by atoms with E-state index < -0.39 is 0 Å². The number of nitrogens with two attached hydrogens (primary N) is 1. The van der Waals surface area contributed by atoms with Gasteiger partial charge in [-0.3, -0.25) is 0 Å². The molecule has 1 aromatic rings. The number of rotatable bonds is 3. The average Bonchev–Trinajstić information content (AvgIpc) is 2.18. The molecule has 1 aromatic heterocycles. The van der Waals surface area contributed by atoms with Gasteiger partial charge >= 0.3 is 0 Å². The minimum Gasteiger partial charge on any atom is -0.324 e. The van der Waals surface area contributed by atoms with E-state index in [4.69, 9.17) is 11.0 Å². The van der Waals surface area contributed by atoms with Crippen LogP contribution in [0.15, 0.2) is 18.3 Å². The maximum absolute atomic E-state index is 8.77. The number of pyridine rings is 1. The maximum Gasteiger partial charge on any atom is 0.145 e. The highest BCUT2D eigenvalue weighted by molar-refractivity contribution is 5.32. The van der Waals surface area contributed by atoms with Crippen LogP contribution >= 0.6 is 0 Å². The number of nitrogens with zero attached hydrogens (tertiary/aromatic N) is 2. The topological polar surface area (TPSA) is 62.7 Å². The van der Waals surface area contributed by atoms with Gasteiger partial charge in [0.05, 0.1) is 0 Å². The van der Waals surface area contributed by atoms with Gasteiger partial charge < -0.3 is 5.73 Å². The normalized spacial score (nSPS) is 12.1. The molecule has 0 fully saturated rings. The van der Waals surface area contributed by atoms with Crippen LogP contribution in [0.2, 0.25) is 0 Å². The van der Waals surface area contributed by atoms with Gasteiger partial charge in [-0.25, -0.2) is 4.98 Å². The third-order valence-electron chi connectivity index (χ3n) is 1.94. The smallest absolute Gasteiger partial charge is 0.145 e. The molecule has 0 saturated carbocycles. The molecule has 2 N–H and O–H groups in total. The predicted molar refractivity (Wildman–Crippen MR) is 50.8 cm³/mol. The highest BCUT2D eigenvalue weighted by Gasteiger charge is 2.09. The molecule has 3 nitrogen and oxygen atoms in total. The van der Waals surface area contributed by atoms with Gasteiger partial charge in [0, 0.05) is 17.8 Å². The number of aromatic nitrogens is 1. The number of hydrogen-bond acceptors (Lipinski definition) is 3. The molecule has 3 heteroatoms.